The summed E-state index contributed by atoms with van der Waals surface area (Å²) >= 11 is 0. The summed E-state index contributed by atoms with van der Waals surface area (Å²) in [5.74, 6) is 0.425. The Morgan fingerprint density at radius 2 is 1.84 bits per heavy atom. The minimum absolute atomic E-state index is 0.123. The molecule has 5 nitrogen and oxygen atoms in total. The maximum Gasteiger partial charge on any atom is 0.225 e. The van der Waals surface area contributed by atoms with Crippen LogP contribution in [0.25, 0.3) is 0 Å². The molecule has 2 rings (SSSR count). The normalized spacial score (nSPS) is 32.9. The number of hydrogen-bond donors (Lipinski definition) is 1. The van der Waals surface area contributed by atoms with Crippen molar-refractivity contribution in [2.75, 3.05) is 40.3 Å². The molecule has 0 atom stereocenters. The van der Waals surface area contributed by atoms with Crippen LogP contribution in [0.3, 0.4) is 0 Å². The molecular formula is C14H24N4O. The van der Waals surface area contributed by atoms with E-state index in [0.717, 1.165) is 51.9 Å². The van der Waals surface area contributed by atoms with Crippen LogP contribution in [0.15, 0.2) is 0 Å². The van der Waals surface area contributed by atoms with E-state index in [-0.39, 0.29) is 5.92 Å². The fourth-order valence-corrected chi connectivity index (χ4v) is 3.06. The lowest BCUT2D eigenvalue weighted by Crippen LogP contribution is -2.51. The molecule has 0 aromatic rings. The van der Waals surface area contributed by atoms with Gasteiger partial charge in [0.1, 0.15) is 5.54 Å². The van der Waals surface area contributed by atoms with Crippen LogP contribution >= 0.6 is 0 Å². The Morgan fingerprint density at radius 1 is 1.26 bits per heavy atom. The highest BCUT2D eigenvalue weighted by Gasteiger charge is 2.37. The van der Waals surface area contributed by atoms with Crippen molar-refractivity contribution < 1.29 is 4.79 Å². The number of nitrogens with zero attached hydrogens (tertiary/aromatic N) is 3. The predicted octanol–water partition coefficient (Wildman–Crippen LogP) is 0.432. The fourth-order valence-electron chi connectivity index (χ4n) is 3.06. The summed E-state index contributed by atoms with van der Waals surface area (Å²) in [5.41, 5.74) is -0.404. The summed E-state index contributed by atoms with van der Waals surface area (Å²) in [5, 5.41) is 12.4. The van der Waals surface area contributed by atoms with Gasteiger partial charge in [0.2, 0.25) is 5.91 Å². The van der Waals surface area contributed by atoms with Crippen LogP contribution in [0, 0.1) is 17.2 Å². The van der Waals surface area contributed by atoms with Gasteiger partial charge in [-0.3, -0.25) is 4.79 Å². The van der Waals surface area contributed by atoms with Crippen molar-refractivity contribution in [3.05, 3.63) is 0 Å². The highest BCUT2D eigenvalue weighted by molar-refractivity contribution is 5.79. The molecule has 1 aliphatic heterocycles. The molecule has 2 fully saturated rings. The fraction of sp³-hybridized carbons (Fsp3) is 0.857. The van der Waals surface area contributed by atoms with Gasteiger partial charge in [0, 0.05) is 32.1 Å². The van der Waals surface area contributed by atoms with Crippen molar-refractivity contribution in [1.29, 1.82) is 5.26 Å². The van der Waals surface area contributed by atoms with Gasteiger partial charge >= 0.3 is 0 Å². The molecule has 0 bridgehead atoms. The number of carbonyl (C=O) groups excluding carboxylic acids is 1. The van der Waals surface area contributed by atoms with Crippen molar-refractivity contribution in [3.63, 3.8) is 0 Å². The first-order valence-corrected chi connectivity index (χ1v) is 7.18. The quantitative estimate of drug-likeness (QED) is 0.786. The number of hydrogen-bond acceptors (Lipinski definition) is 4. The topological polar surface area (TPSA) is 59.4 Å². The van der Waals surface area contributed by atoms with Crippen LogP contribution < -0.4 is 5.32 Å². The number of carbonyl (C=O) groups is 1. The van der Waals surface area contributed by atoms with Crippen molar-refractivity contribution >= 4 is 5.91 Å². The molecule has 5 heteroatoms. The van der Waals surface area contributed by atoms with Gasteiger partial charge < -0.3 is 15.1 Å². The van der Waals surface area contributed by atoms with Gasteiger partial charge in [-0.2, -0.15) is 5.26 Å². The van der Waals surface area contributed by atoms with E-state index < -0.39 is 5.54 Å². The van der Waals surface area contributed by atoms with Crippen LogP contribution in [0.1, 0.15) is 25.7 Å². The van der Waals surface area contributed by atoms with Gasteiger partial charge in [-0.15, -0.1) is 0 Å². The maximum absolute atomic E-state index is 12.5. The first kappa shape index (κ1) is 14.3. The van der Waals surface area contributed by atoms with Crippen LogP contribution in [0.4, 0.5) is 0 Å². The van der Waals surface area contributed by atoms with Crippen molar-refractivity contribution in [1.82, 2.24) is 15.1 Å². The smallest absolute Gasteiger partial charge is 0.225 e. The molecule has 0 aromatic heterocycles. The number of rotatable bonds is 2. The first-order chi connectivity index (χ1) is 9.10. The Hall–Kier alpha value is -1.12. The second-order valence-corrected chi connectivity index (χ2v) is 5.85. The van der Waals surface area contributed by atoms with Gasteiger partial charge in [-0.1, -0.05) is 0 Å². The second kappa shape index (κ2) is 5.89. The maximum atomic E-state index is 12.5. The number of amides is 1. The standard InChI is InChI=1S/C14H24N4O/c1-16-14(11-15)5-3-12(4-6-14)13(19)18-9-7-17(2)8-10-18/h12,16H,3-10H2,1-2H3. The van der Waals surface area contributed by atoms with Crippen LogP contribution in [0.2, 0.25) is 0 Å². The molecule has 1 aliphatic carbocycles. The summed E-state index contributed by atoms with van der Waals surface area (Å²) in [6.07, 6.45) is 3.23. The van der Waals surface area contributed by atoms with E-state index in [1.807, 2.05) is 11.9 Å². The molecule has 1 amide bonds. The van der Waals surface area contributed by atoms with Crippen LogP contribution in [-0.2, 0) is 4.79 Å². The van der Waals surface area contributed by atoms with Crippen molar-refractivity contribution in [2.24, 2.45) is 5.92 Å². The Morgan fingerprint density at radius 3 is 2.32 bits per heavy atom. The third-order valence-corrected chi connectivity index (χ3v) is 4.70. The van der Waals surface area contributed by atoms with Crippen LogP contribution in [-0.4, -0.2) is 61.5 Å². The minimum atomic E-state index is -0.404. The molecule has 1 N–H and O–H groups in total. The van der Waals surface area contributed by atoms with E-state index in [9.17, 15) is 10.1 Å². The van der Waals surface area contributed by atoms with Crippen molar-refractivity contribution in [3.8, 4) is 6.07 Å². The third kappa shape index (κ3) is 3.07. The molecule has 1 saturated heterocycles. The first-order valence-electron chi connectivity index (χ1n) is 7.18. The molecule has 1 saturated carbocycles. The largest absolute Gasteiger partial charge is 0.340 e. The zero-order valence-corrected chi connectivity index (χ0v) is 12.0. The lowest BCUT2D eigenvalue weighted by atomic mass is 9.77. The Bertz CT molecular complexity index is 360. The van der Waals surface area contributed by atoms with Gasteiger partial charge in [0.15, 0.2) is 0 Å². The Kier molecular flexibility index (Phi) is 4.43. The number of piperazine rings is 1. The molecule has 0 unspecified atom stereocenters. The minimum Gasteiger partial charge on any atom is -0.340 e. The Labute approximate surface area is 115 Å². The monoisotopic (exact) mass is 264 g/mol. The molecule has 0 radical (unpaired) electrons. The zero-order chi connectivity index (χ0) is 13.9. The highest BCUT2D eigenvalue weighted by atomic mass is 16.2. The summed E-state index contributed by atoms with van der Waals surface area (Å²) in [7, 11) is 3.93. The number of nitrogens with one attached hydrogen (secondary N) is 1. The summed E-state index contributed by atoms with van der Waals surface area (Å²) in [4.78, 5) is 16.7. The lowest BCUT2D eigenvalue weighted by Gasteiger charge is -2.38. The summed E-state index contributed by atoms with van der Waals surface area (Å²) < 4.78 is 0. The second-order valence-electron chi connectivity index (χ2n) is 5.85. The molecule has 2 aliphatic rings. The van der Waals surface area contributed by atoms with Gasteiger partial charge in [-0.25, -0.2) is 0 Å². The van der Waals surface area contributed by atoms with Crippen molar-refractivity contribution in [2.45, 2.75) is 31.2 Å². The van der Waals surface area contributed by atoms with E-state index >= 15 is 0 Å². The Balaban J connectivity index is 1.88. The number of likely N-dealkylation sites (N-methyl/N-ethyl adjacent to an activating group) is 1. The average Bonchev–Trinajstić information content (AvgIpc) is 2.47. The predicted molar refractivity (Wildman–Crippen MR) is 73.4 cm³/mol. The molecular weight excluding hydrogens is 240 g/mol. The van der Waals surface area contributed by atoms with E-state index in [0.29, 0.717) is 5.91 Å². The molecule has 106 valence electrons. The average molecular weight is 264 g/mol. The van der Waals surface area contributed by atoms with E-state index in [1.54, 1.807) is 0 Å². The molecule has 19 heavy (non-hydrogen) atoms. The van der Waals surface area contributed by atoms with E-state index in [2.05, 4.69) is 23.3 Å². The molecule has 0 aromatic carbocycles. The van der Waals surface area contributed by atoms with Gasteiger partial charge in [0.25, 0.3) is 0 Å². The third-order valence-electron chi connectivity index (χ3n) is 4.70. The summed E-state index contributed by atoms with van der Waals surface area (Å²) in [6.45, 7) is 3.64. The lowest BCUT2D eigenvalue weighted by molar-refractivity contribution is -0.138. The number of nitriles is 1. The highest BCUT2D eigenvalue weighted by Crippen LogP contribution is 2.32. The zero-order valence-electron chi connectivity index (χ0n) is 12.0. The van der Waals surface area contributed by atoms with Gasteiger partial charge in [0.05, 0.1) is 6.07 Å². The molecule has 1 heterocycles. The molecule has 0 spiro atoms. The summed E-state index contributed by atoms with van der Waals surface area (Å²) in [6, 6.07) is 2.37. The van der Waals surface area contributed by atoms with E-state index in [4.69, 9.17) is 0 Å². The van der Waals surface area contributed by atoms with Crippen LogP contribution in [0.5, 0.6) is 0 Å². The van der Waals surface area contributed by atoms with Gasteiger partial charge in [-0.05, 0) is 39.8 Å². The van der Waals surface area contributed by atoms with E-state index in [1.165, 1.54) is 0 Å². The SMILES string of the molecule is CNC1(C#N)CCC(C(=O)N2CCN(C)CC2)CC1.